The van der Waals surface area contributed by atoms with Crippen molar-refractivity contribution in [2.75, 3.05) is 31.5 Å². The van der Waals surface area contributed by atoms with E-state index in [-0.39, 0.29) is 23.9 Å². The number of urea groups is 1. The molecule has 3 rings (SSSR count). The fraction of sp³-hybridized carbons (Fsp3) is 0.500. The summed E-state index contributed by atoms with van der Waals surface area (Å²) < 4.78 is 13.2. The summed E-state index contributed by atoms with van der Waals surface area (Å²) in [5.74, 6) is -1.54. The van der Waals surface area contributed by atoms with Gasteiger partial charge < -0.3 is 20.2 Å². The van der Waals surface area contributed by atoms with E-state index in [1.807, 2.05) is 0 Å². The number of carboxylic acid groups (broad SMARTS) is 1. The van der Waals surface area contributed by atoms with Gasteiger partial charge in [-0.2, -0.15) is 0 Å². The number of aliphatic carboxylic acids is 1. The minimum atomic E-state index is -1.01. The number of anilines is 1. The Kier molecular flexibility index (Phi) is 5.11. The Balaban J connectivity index is 1.57. The number of piperidine rings is 2. The number of carbonyl (C=O) groups excluding carboxylic acids is 2. The lowest BCUT2D eigenvalue weighted by atomic mass is 9.72. The van der Waals surface area contributed by atoms with Crippen molar-refractivity contribution < 1.29 is 23.9 Å². The lowest BCUT2D eigenvalue weighted by Crippen LogP contribution is -2.53. The minimum absolute atomic E-state index is 0.121. The number of halogens is 1. The Bertz CT molecular complexity index is 716. The molecule has 0 aliphatic carbocycles. The van der Waals surface area contributed by atoms with Crippen LogP contribution in [-0.4, -0.2) is 59.0 Å². The predicted molar refractivity (Wildman–Crippen MR) is 92.1 cm³/mol. The third kappa shape index (κ3) is 4.12. The van der Waals surface area contributed by atoms with E-state index < -0.39 is 11.8 Å². The first-order valence-electron chi connectivity index (χ1n) is 8.68. The van der Waals surface area contributed by atoms with E-state index in [0.717, 1.165) is 6.42 Å². The zero-order valence-electron chi connectivity index (χ0n) is 14.4. The standard InChI is InChI=1S/C18H22FN3O4/c19-13-2-1-3-14(10-13)20-17(26)21-8-6-18(7-9-21)5-4-15(23)22(12-18)11-16(24)25/h1-3,10H,4-9,11-12H2,(H,20,26)(H,24,25). The van der Waals surface area contributed by atoms with Crippen LogP contribution in [0.4, 0.5) is 14.9 Å². The molecule has 7 nitrogen and oxygen atoms in total. The summed E-state index contributed by atoms with van der Waals surface area (Å²) in [6.45, 7) is 1.20. The van der Waals surface area contributed by atoms with Gasteiger partial charge in [-0.1, -0.05) is 6.07 Å². The highest BCUT2D eigenvalue weighted by Crippen LogP contribution is 2.40. The van der Waals surface area contributed by atoms with Gasteiger partial charge in [0.1, 0.15) is 12.4 Å². The van der Waals surface area contributed by atoms with Crippen LogP contribution in [0.15, 0.2) is 24.3 Å². The van der Waals surface area contributed by atoms with E-state index in [1.165, 1.54) is 23.1 Å². The van der Waals surface area contributed by atoms with Crippen LogP contribution in [0.5, 0.6) is 0 Å². The monoisotopic (exact) mass is 363 g/mol. The molecule has 2 N–H and O–H groups in total. The van der Waals surface area contributed by atoms with Crippen molar-refractivity contribution in [3.8, 4) is 0 Å². The van der Waals surface area contributed by atoms with E-state index >= 15 is 0 Å². The van der Waals surface area contributed by atoms with Crippen molar-refractivity contribution in [2.45, 2.75) is 25.7 Å². The summed E-state index contributed by atoms with van der Waals surface area (Å²) in [5, 5.41) is 11.7. The fourth-order valence-electron chi connectivity index (χ4n) is 3.77. The predicted octanol–water partition coefficient (Wildman–Crippen LogP) is 2.15. The van der Waals surface area contributed by atoms with E-state index in [1.54, 1.807) is 11.0 Å². The molecule has 1 aromatic rings. The highest BCUT2D eigenvalue weighted by molar-refractivity contribution is 5.89. The number of amides is 3. The highest BCUT2D eigenvalue weighted by Gasteiger charge is 2.42. The average Bonchev–Trinajstić information content (AvgIpc) is 2.58. The molecular formula is C18H22FN3O4. The van der Waals surface area contributed by atoms with Gasteiger partial charge in [-0.15, -0.1) is 0 Å². The van der Waals surface area contributed by atoms with Crippen LogP contribution in [-0.2, 0) is 9.59 Å². The second-order valence-electron chi connectivity index (χ2n) is 7.07. The van der Waals surface area contributed by atoms with Crippen LogP contribution in [0.2, 0.25) is 0 Å². The van der Waals surface area contributed by atoms with Crippen LogP contribution in [0, 0.1) is 11.2 Å². The molecule has 1 spiro atoms. The summed E-state index contributed by atoms with van der Waals surface area (Å²) in [4.78, 5) is 38.3. The topological polar surface area (TPSA) is 90.0 Å². The minimum Gasteiger partial charge on any atom is -0.480 e. The maximum Gasteiger partial charge on any atom is 0.323 e. The third-order valence-corrected chi connectivity index (χ3v) is 5.26. The number of hydrogen-bond acceptors (Lipinski definition) is 3. The molecule has 0 unspecified atom stereocenters. The highest BCUT2D eigenvalue weighted by atomic mass is 19.1. The summed E-state index contributed by atoms with van der Waals surface area (Å²) >= 11 is 0. The lowest BCUT2D eigenvalue weighted by Gasteiger charge is -2.47. The normalized spacial score (nSPS) is 19.5. The first kappa shape index (κ1) is 18.2. The smallest absolute Gasteiger partial charge is 0.323 e. The van der Waals surface area contributed by atoms with Crippen molar-refractivity contribution in [3.05, 3.63) is 30.1 Å². The van der Waals surface area contributed by atoms with E-state index in [0.29, 0.717) is 44.6 Å². The van der Waals surface area contributed by atoms with Crippen LogP contribution in [0.1, 0.15) is 25.7 Å². The van der Waals surface area contributed by atoms with Crippen molar-refractivity contribution in [1.82, 2.24) is 9.80 Å². The second-order valence-corrected chi connectivity index (χ2v) is 7.07. The van der Waals surface area contributed by atoms with Gasteiger partial charge >= 0.3 is 12.0 Å². The average molecular weight is 363 g/mol. The summed E-state index contributed by atoms with van der Waals surface area (Å²) in [6, 6.07) is 5.46. The van der Waals surface area contributed by atoms with Crippen LogP contribution >= 0.6 is 0 Å². The molecule has 140 valence electrons. The van der Waals surface area contributed by atoms with Gasteiger partial charge in [0, 0.05) is 31.7 Å². The molecule has 3 amide bonds. The maximum atomic E-state index is 13.2. The summed E-state index contributed by atoms with van der Waals surface area (Å²) in [6.07, 6.45) is 2.50. The molecule has 2 saturated heterocycles. The largest absolute Gasteiger partial charge is 0.480 e. The van der Waals surface area contributed by atoms with E-state index in [4.69, 9.17) is 5.11 Å². The molecule has 1 aromatic carbocycles. The Labute approximate surface area is 150 Å². The van der Waals surface area contributed by atoms with E-state index in [2.05, 4.69) is 5.32 Å². The number of rotatable bonds is 3. The van der Waals surface area contributed by atoms with Crippen LogP contribution in [0.25, 0.3) is 0 Å². The third-order valence-electron chi connectivity index (χ3n) is 5.26. The molecule has 2 heterocycles. The van der Waals surface area contributed by atoms with Gasteiger partial charge in [0.15, 0.2) is 0 Å². The van der Waals surface area contributed by atoms with Crippen molar-refractivity contribution in [1.29, 1.82) is 0 Å². The van der Waals surface area contributed by atoms with Gasteiger partial charge in [0.25, 0.3) is 0 Å². The molecule has 0 saturated carbocycles. The number of nitrogens with one attached hydrogen (secondary N) is 1. The van der Waals surface area contributed by atoms with Gasteiger partial charge in [-0.3, -0.25) is 9.59 Å². The first-order valence-corrected chi connectivity index (χ1v) is 8.68. The number of nitrogens with zero attached hydrogens (tertiary/aromatic N) is 2. The van der Waals surface area contributed by atoms with E-state index in [9.17, 15) is 18.8 Å². The molecule has 8 heteroatoms. The Morgan fingerprint density at radius 1 is 1.23 bits per heavy atom. The number of likely N-dealkylation sites (tertiary alicyclic amines) is 2. The van der Waals surface area contributed by atoms with Crippen molar-refractivity contribution in [3.63, 3.8) is 0 Å². The lowest BCUT2D eigenvalue weighted by molar-refractivity contribution is -0.149. The Morgan fingerprint density at radius 2 is 1.96 bits per heavy atom. The number of carboxylic acids is 1. The molecule has 0 radical (unpaired) electrons. The zero-order chi connectivity index (χ0) is 18.7. The Morgan fingerprint density at radius 3 is 2.62 bits per heavy atom. The molecular weight excluding hydrogens is 341 g/mol. The van der Waals surface area contributed by atoms with Gasteiger partial charge in [0.05, 0.1) is 0 Å². The molecule has 2 aliphatic heterocycles. The molecule has 0 aromatic heterocycles. The molecule has 26 heavy (non-hydrogen) atoms. The Hall–Kier alpha value is -2.64. The summed E-state index contributed by atoms with van der Waals surface area (Å²) in [7, 11) is 0. The molecule has 2 aliphatic rings. The van der Waals surface area contributed by atoms with Gasteiger partial charge in [-0.05, 0) is 42.9 Å². The van der Waals surface area contributed by atoms with Gasteiger partial charge in [-0.25, -0.2) is 9.18 Å². The quantitative estimate of drug-likeness (QED) is 0.861. The molecule has 0 bridgehead atoms. The van der Waals surface area contributed by atoms with Gasteiger partial charge in [0.2, 0.25) is 5.91 Å². The van der Waals surface area contributed by atoms with Crippen LogP contribution in [0.3, 0.4) is 0 Å². The second kappa shape index (κ2) is 7.31. The number of benzene rings is 1. The van der Waals surface area contributed by atoms with Crippen molar-refractivity contribution >= 4 is 23.6 Å². The zero-order valence-corrected chi connectivity index (χ0v) is 14.4. The number of carbonyl (C=O) groups is 3. The first-order chi connectivity index (χ1) is 12.4. The fourth-order valence-corrected chi connectivity index (χ4v) is 3.77. The SMILES string of the molecule is O=C(O)CN1CC2(CCC1=O)CCN(C(=O)Nc1cccc(F)c1)CC2. The summed E-state index contributed by atoms with van der Waals surface area (Å²) in [5.41, 5.74) is 0.283. The number of hydrogen-bond donors (Lipinski definition) is 2. The van der Waals surface area contributed by atoms with Crippen LogP contribution < -0.4 is 5.32 Å². The van der Waals surface area contributed by atoms with Crippen molar-refractivity contribution in [2.24, 2.45) is 5.41 Å². The molecule has 0 atom stereocenters. The maximum absolute atomic E-state index is 13.2. The molecule has 2 fully saturated rings.